The molecule has 0 unspecified atom stereocenters. The molecule has 1 aliphatic heterocycles. The third-order valence-electron chi connectivity index (χ3n) is 5.10. The Morgan fingerprint density at radius 3 is 2.47 bits per heavy atom. The third-order valence-corrected chi connectivity index (χ3v) is 5.10. The van der Waals surface area contributed by atoms with Crippen LogP contribution in [-0.2, 0) is 4.74 Å². The van der Waals surface area contributed by atoms with Gasteiger partial charge in [0.1, 0.15) is 0 Å². The molecule has 30 heavy (non-hydrogen) atoms. The molecule has 0 saturated carbocycles. The van der Waals surface area contributed by atoms with Crippen molar-refractivity contribution >= 4 is 29.2 Å². The Balaban J connectivity index is 1.74. The lowest BCUT2D eigenvalue weighted by Crippen LogP contribution is -2.39. The average Bonchev–Trinajstić information content (AvgIpc) is 2.75. The van der Waals surface area contributed by atoms with Crippen molar-refractivity contribution in [1.82, 2.24) is 19.9 Å². The Morgan fingerprint density at radius 2 is 1.77 bits per heavy atom. The SMILES string of the molecule is CCN(CC)c1nc(NCCN2CCOCC2)nc(Nc2cccc(N(C)C)c2)n1. The zero-order valence-electron chi connectivity index (χ0n) is 18.6. The van der Waals surface area contributed by atoms with E-state index in [-0.39, 0.29) is 0 Å². The van der Waals surface area contributed by atoms with Gasteiger partial charge in [-0.05, 0) is 32.0 Å². The number of benzene rings is 1. The summed E-state index contributed by atoms with van der Waals surface area (Å²) in [5, 5.41) is 6.71. The summed E-state index contributed by atoms with van der Waals surface area (Å²) in [5.74, 6) is 1.80. The van der Waals surface area contributed by atoms with Crippen molar-refractivity contribution in [3.8, 4) is 0 Å². The maximum absolute atomic E-state index is 5.41. The van der Waals surface area contributed by atoms with Crippen LogP contribution in [0.1, 0.15) is 13.8 Å². The number of nitrogens with zero attached hydrogens (tertiary/aromatic N) is 6. The predicted octanol–water partition coefficient (Wildman–Crippen LogP) is 2.27. The summed E-state index contributed by atoms with van der Waals surface area (Å²) in [7, 11) is 4.05. The average molecular weight is 415 g/mol. The first-order chi connectivity index (χ1) is 14.6. The molecule has 3 rings (SSSR count). The minimum atomic E-state index is 0.539. The van der Waals surface area contributed by atoms with Crippen molar-refractivity contribution in [3.63, 3.8) is 0 Å². The van der Waals surface area contributed by atoms with Crippen LogP contribution >= 0.6 is 0 Å². The second kappa shape index (κ2) is 10.9. The molecule has 2 aromatic rings. The summed E-state index contributed by atoms with van der Waals surface area (Å²) in [6.07, 6.45) is 0. The summed E-state index contributed by atoms with van der Waals surface area (Å²) < 4.78 is 5.41. The molecule has 2 heterocycles. The summed E-state index contributed by atoms with van der Waals surface area (Å²) in [5.41, 5.74) is 2.05. The number of anilines is 5. The van der Waals surface area contributed by atoms with Crippen LogP contribution in [0.2, 0.25) is 0 Å². The van der Waals surface area contributed by atoms with E-state index in [4.69, 9.17) is 4.74 Å². The van der Waals surface area contributed by atoms with Gasteiger partial charge in [0.2, 0.25) is 17.8 Å². The molecule has 1 fully saturated rings. The fraction of sp³-hybridized carbons (Fsp3) is 0.571. The van der Waals surface area contributed by atoms with Gasteiger partial charge in [-0.2, -0.15) is 15.0 Å². The highest BCUT2D eigenvalue weighted by Gasteiger charge is 2.13. The van der Waals surface area contributed by atoms with E-state index < -0.39 is 0 Å². The predicted molar refractivity (Wildman–Crippen MR) is 123 cm³/mol. The van der Waals surface area contributed by atoms with Crippen molar-refractivity contribution in [2.24, 2.45) is 0 Å². The maximum Gasteiger partial charge on any atom is 0.233 e. The Morgan fingerprint density at radius 1 is 1.03 bits per heavy atom. The molecule has 0 spiro atoms. The van der Waals surface area contributed by atoms with E-state index >= 15 is 0 Å². The van der Waals surface area contributed by atoms with Crippen molar-refractivity contribution in [2.45, 2.75) is 13.8 Å². The first kappa shape index (κ1) is 22.0. The minimum absolute atomic E-state index is 0.539. The van der Waals surface area contributed by atoms with Gasteiger partial charge in [-0.3, -0.25) is 4.90 Å². The first-order valence-corrected chi connectivity index (χ1v) is 10.7. The summed E-state index contributed by atoms with van der Waals surface area (Å²) in [6, 6.07) is 8.18. The highest BCUT2D eigenvalue weighted by molar-refractivity contribution is 5.62. The highest BCUT2D eigenvalue weighted by atomic mass is 16.5. The molecule has 0 atom stereocenters. The number of rotatable bonds is 10. The number of hydrogen-bond acceptors (Lipinski definition) is 9. The van der Waals surface area contributed by atoms with Crippen LogP contribution in [0.4, 0.5) is 29.2 Å². The fourth-order valence-corrected chi connectivity index (χ4v) is 3.29. The van der Waals surface area contributed by atoms with Crippen molar-refractivity contribution in [2.75, 3.05) is 87.0 Å². The quantitative estimate of drug-likeness (QED) is 0.608. The van der Waals surface area contributed by atoms with Gasteiger partial charge in [0.15, 0.2) is 0 Å². The number of morpholine rings is 1. The van der Waals surface area contributed by atoms with Gasteiger partial charge < -0.3 is 25.2 Å². The van der Waals surface area contributed by atoms with Crippen LogP contribution in [0.5, 0.6) is 0 Å². The zero-order valence-corrected chi connectivity index (χ0v) is 18.6. The van der Waals surface area contributed by atoms with E-state index in [0.717, 1.165) is 63.9 Å². The van der Waals surface area contributed by atoms with E-state index in [1.54, 1.807) is 0 Å². The number of aromatic nitrogens is 3. The Labute approximate surface area is 179 Å². The van der Waals surface area contributed by atoms with Crippen LogP contribution in [0, 0.1) is 0 Å². The van der Waals surface area contributed by atoms with Gasteiger partial charge >= 0.3 is 0 Å². The van der Waals surface area contributed by atoms with E-state index in [2.05, 4.69) is 66.3 Å². The van der Waals surface area contributed by atoms with Gasteiger partial charge in [0, 0.05) is 64.7 Å². The third kappa shape index (κ3) is 6.17. The largest absolute Gasteiger partial charge is 0.379 e. The van der Waals surface area contributed by atoms with Gasteiger partial charge in [0.25, 0.3) is 0 Å². The van der Waals surface area contributed by atoms with Crippen LogP contribution in [0.25, 0.3) is 0 Å². The maximum atomic E-state index is 5.41. The molecule has 9 nitrogen and oxygen atoms in total. The lowest BCUT2D eigenvalue weighted by Gasteiger charge is -2.26. The molecule has 1 aromatic carbocycles. The molecule has 0 bridgehead atoms. The minimum Gasteiger partial charge on any atom is -0.379 e. The molecular formula is C21H34N8O. The molecule has 1 aromatic heterocycles. The van der Waals surface area contributed by atoms with E-state index in [9.17, 15) is 0 Å². The van der Waals surface area contributed by atoms with Gasteiger partial charge in [0.05, 0.1) is 13.2 Å². The highest BCUT2D eigenvalue weighted by Crippen LogP contribution is 2.21. The first-order valence-electron chi connectivity index (χ1n) is 10.7. The molecule has 2 N–H and O–H groups in total. The lowest BCUT2D eigenvalue weighted by molar-refractivity contribution is 0.0398. The fourth-order valence-electron chi connectivity index (χ4n) is 3.29. The lowest BCUT2D eigenvalue weighted by atomic mass is 10.2. The van der Waals surface area contributed by atoms with Crippen LogP contribution in [0.15, 0.2) is 24.3 Å². The Kier molecular flexibility index (Phi) is 8.04. The second-order valence-corrected chi connectivity index (χ2v) is 7.41. The van der Waals surface area contributed by atoms with E-state index in [1.807, 2.05) is 26.2 Å². The van der Waals surface area contributed by atoms with Crippen molar-refractivity contribution < 1.29 is 4.74 Å². The smallest absolute Gasteiger partial charge is 0.233 e. The molecule has 0 amide bonds. The van der Waals surface area contributed by atoms with Crippen molar-refractivity contribution in [3.05, 3.63) is 24.3 Å². The van der Waals surface area contributed by atoms with Gasteiger partial charge in [-0.25, -0.2) is 0 Å². The number of ether oxygens (including phenoxy) is 1. The number of hydrogen-bond donors (Lipinski definition) is 2. The topological polar surface area (TPSA) is 81.7 Å². The zero-order chi connectivity index (χ0) is 21.3. The van der Waals surface area contributed by atoms with Crippen molar-refractivity contribution in [1.29, 1.82) is 0 Å². The Bertz CT molecular complexity index is 790. The summed E-state index contributed by atoms with van der Waals surface area (Å²) >= 11 is 0. The molecule has 1 saturated heterocycles. The summed E-state index contributed by atoms with van der Waals surface area (Å²) in [6.45, 7) is 11.1. The second-order valence-electron chi connectivity index (χ2n) is 7.41. The van der Waals surface area contributed by atoms with Gasteiger partial charge in [-0.1, -0.05) is 6.07 Å². The molecule has 9 heteroatoms. The molecule has 0 aliphatic carbocycles. The standard InChI is InChI=1S/C21H34N8O/c1-5-29(6-2)21-25-19(22-10-11-28-12-14-30-15-13-28)24-20(26-21)23-17-8-7-9-18(16-17)27(3)4/h7-9,16H,5-6,10-15H2,1-4H3,(H2,22,23,24,25,26). The normalized spacial score (nSPS) is 14.4. The molecule has 164 valence electrons. The van der Waals surface area contributed by atoms with Gasteiger partial charge in [-0.15, -0.1) is 0 Å². The Hall–Kier alpha value is -2.65. The number of nitrogens with one attached hydrogen (secondary N) is 2. The van der Waals surface area contributed by atoms with E-state index in [0.29, 0.717) is 17.8 Å². The van der Waals surface area contributed by atoms with Crippen LogP contribution < -0.4 is 20.4 Å². The molecular weight excluding hydrogens is 380 g/mol. The van der Waals surface area contributed by atoms with E-state index in [1.165, 1.54) is 0 Å². The molecule has 1 aliphatic rings. The monoisotopic (exact) mass is 414 g/mol. The molecule has 0 radical (unpaired) electrons. The summed E-state index contributed by atoms with van der Waals surface area (Å²) in [4.78, 5) is 20.5. The van der Waals surface area contributed by atoms with Crippen LogP contribution in [-0.4, -0.2) is 86.4 Å². The van der Waals surface area contributed by atoms with Crippen LogP contribution in [0.3, 0.4) is 0 Å².